The van der Waals surface area contributed by atoms with Gasteiger partial charge in [-0.25, -0.2) is 0 Å². The van der Waals surface area contributed by atoms with Gasteiger partial charge in [0.2, 0.25) is 0 Å². The van der Waals surface area contributed by atoms with Crippen molar-refractivity contribution < 1.29 is 0 Å². The van der Waals surface area contributed by atoms with Crippen molar-refractivity contribution in [1.82, 2.24) is 5.32 Å². The van der Waals surface area contributed by atoms with Crippen LogP contribution in [0.25, 0.3) is 0 Å². The average molecular weight is 190 g/mol. The maximum Gasteiger partial charge on any atom is 0.0388 e. The van der Waals surface area contributed by atoms with E-state index in [4.69, 9.17) is 0 Å². The predicted molar refractivity (Wildman–Crippen MR) is 60.7 cm³/mol. The molecule has 76 valence electrons. The highest BCUT2D eigenvalue weighted by atomic mass is 14.9. The zero-order valence-electron chi connectivity index (χ0n) is 8.93. The number of hydrogen-bond donors (Lipinski definition) is 2. The molecule has 0 saturated carbocycles. The van der Waals surface area contributed by atoms with Crippen molar-refractivity contribution in [2.75, 3.05) is 19.4 Å². The maximum atomic E-state index is 3.39. The number of rotatable bonds is 2. The van der Waals surface area contributed by atoms with Crippen LogP contribution in [0, 0.1) is 0 Å². The predicted octanol–water partition coefficient (Wildman–Crippen LogP) is 2.33. The second kappa shape index (κ2) is 4.01. The fourth-order valence-electron chi connectivity index (χ4n) is 2.39. The lowest BCUT2D eigenvalue weighted by Crippen LogP contribution is -2.22. The van der Waals surface area contributed by atoms with Crippen LogP contribution in [0.2, 0.25) is 0 Å². The van der Waals surface area contributed by atoms with Gasteiger partial charge < -0.3 is 10.6 Å². The first kappa shape index (κ1) is 9.53. The maximum absolute atomic E-state index is 3.39. The quantitative estimate of drug-likeness (QED) is 0.748. The summed E-state index contributed by atoms with van der Waals surface area (Å²) in [5.74, 6) is 0. The molecule has 1 aliphatic carbocycles. The van der Waals surface area contributed by atoms with Crippen molar-refractivity contribution in [2.24, 2.45) is 0 Å². The van der Waals surface area contributed by atoms with Crippen molar-refractivity contribution in [3.8, 4) is 0 Å². The Bertz CT molecular complexity index is 306. The smallest absolute Gasteiger partial charge is 0.0388 e. The van der Waals surface area contributed by atoms with Crippen LogP contribution in [0.15, 0.2) is 18.2 Å². The minimum Gasteiger partial charge on any atom is -0.388 e. The van der Waals surface area contributed by atoms with Crippen LogP contribution in [0.4, 0.5) is 5.69 Å². The van der Waals surface area contributed by atoms with E-state index in [1.807, 2.05) is 14.1 Å². The lowest BCUT2D eigenvalue weighted by molar-refractivity contribution is 0.498. The number of benzene rings is 1. The molecule has 2 heteroatoms. The van der Waals surface area contributed by atoms with E-state index in [0.29, 0.717) is 6.04 Å². The first-order valence-corrected chi connectivity index (χ1v) is 5.33. The fourth-order valence-corrected chi connectivity index (χ4v) is 2.39. The summed E-state index contributed by atoms with van der Waals surface area (Å²) in [6.07, 6.45) is 3.77. The molecule has 0 saturated heterocycles. The SMILES string of the molecule is CNc1cccc2c1C(NC)CCC2. The molecule has 1 aliphatic rings. The third-order valence-corrected chi connectivity index (χ3v) is 3.10. The van der Waals surface area contributed by atoms with Gasteiger partial charge in [0.25, 0.3) is 0 Å². The first-order valence-electron chi connectivity index (χ1n) is 5.33. The number of fused-ring (bicyclic) bond motifs is 1. The lowest BCUT2D eigenvalue weighted by atomic mass is 9.86. The second-order valence-corrected chi connectivity index (χ2v) is 3.86. The van der Waals surface area contributed by atoms with E-state index in [2.05, 4.69) is 28.8 Å². The van der Waals surface area contributed by atoms with Gasteiger partial charge in [-0.1, -0.05) is 12.1 Å². The zero-order valence-corrected chi connectivity index (χ0v) is 8.93. The van der Waals surface area contributed by atoms with Crippen LogP contribution in [-0.2, 0) is 6.42 Å². The molecule has 1 aromatic carbocycles. The third-order valence-electron chi connectivity index (χ3n) is 3.10. The van der Waals surface area contributed by atoms with Gasteiger partial charge in [0.1, 0.15) is 0 Å². The molecular weight excluding hydrogens is 172 g/mol. The average Bonchev–Trinajstić information content (AvgIpc) is 2.27. The van der Waals surface area contributed by atoms with Gasteiger partial charge in [0.05, 0.1) is 0 Å². The van der Waals surface area contributed by atoms with Gasteiger partial charge in [-0.3, -0.25) is 0 Å². The summed E-state index contributed by atoms with van der Waals surface area (Å²) in [7, 11) is 4.04. The van der Waals surface area contributed by atoms with E-state index in [0.717, 1.165) is 0 Å². The van der Waals surface area contributed by atoms with Crippen LogP contribution in [-0.4, -0.2) is 14.1 Å². The highest BCUT2D eigenvalue weighted by Gasteiger charge is 2.20. The Morgan fingerprint density at radius 1 is 1.29 bits per heavy atom. The van der Waals surface area contributed by atoms with Crippen LogP contribution in [0.1, 0.15) is 30.0 Å². The van der Waals surface area contributed by atoms with E-state index in [-0.39, 0.29) is 0 Å². The molecule has 0 radical (unpaired) electrons. The monoisotopic (exact) mass is 190 g/mol. The van der Waals surface area contributed by atoms with Gasteiger partial charge in [0, 0.05) is 18.8 Å². The molecule has 0 heterocycles. The molecule has 14 heavy (non-hydrogen) atoms. The van der Waals surface area contributed by atoms with Gasteiger partial charge in [0.15, 0.2) is 0 Å². The molecule has 0 aliphatic heterocycles. The number of nitrogens with one attached hydrogen (secondary N) is 2. The van der Waals surface area contributed by atoms with Crippen LogP contribution in [0.3, 0.4) is 0 Å². The number of aryl methyl sites for hydroxylation is 1. The highest BCUT2D eigenvalue weighted by Crippen LogP contribution is 2.34. The summed E-state index contributed by atoms with van der Waals surface area (Å²) in [4.78, 5) is 0. The van der Waals surface area contributed by atoms with Crippen molar-refractivity contribution in [1.29, 1.82) is 0 Å². The summed E-state index contributed by atoms with van der Waals surface area (Å²) < 4.78 is 0. The molecule has 0 aromatic heterocycles. The molecule has 0 amide bonds. The molecule has 2 nitrogen and oxygen atoms in total. The topological polar surface area (TPSA) is 24.1 Å². The Morgan fingerprint density at radius 3 is 2.86 bits per heavy atom. The molecule has 1 aromatic rings. The molecule has 1 atom stereocenters. The third kappa shape index (κ3) is 1.50. The molecule has 2 rings (SSSR count). The number of anilines is 1. The van der Waals surface area contributed by atoms with Crippen LogP contribution in [0.5, 0.6) is 0 Å². The second-order valence-electron chi connectivity index (χ2n) is 3.86. The first-order chi connectivity index (χ1) is 6.86. The standard InChI is InChI=1S/C12H18N2/c1-13-10-7-3-5-9-6-4-8-11(14-2)12(9)10/h3,5,7,11,13-14H,4,6,8H2,1-2H3. The van der Waals surface area contributed by atoms with Crippen LogP contribution >= 0.6 is 0 Å². The molecular formula is C12H18N2. The van der Waals surface area contributed by atoms with Crippen LogP contribution < -0.4 is 10.6 Å². The van der Waals surface area contributed by atoms with Crippen molar-refractivity contribution in [3.63, 3.8) is 0 Å². The molecule has 2 N–H and O–H groups in total. The van der Waals surface area contributed by atoms with Gasteiger partial charge in [-0.2, -0.15) is 0 Å². The summed E-state index contributed by atoms with van der Waals surface area (Å²) in [6, 6.07) is 7.08. The Kier molecular flexibility index (Phi) is 2.73. The lowest BCUT2D eigenvalue weighted by Gasteiger charge is -2.27. The molecule has 1 unspecified atom stereocenters. The van der Waals surface area contributed by atoms with Crippen molar-refractivity contribution in [2.45, 2.75) is 25.3 Å². The molecule has 0 bridgehead atoms. The van der Waals surface area contributed by atoms with E-state index in [9.17, 15) is 0 Å². The minimum atomic E-state index is 0.530. The molecule has 0 fully saturated rings. The Balaban J connectivity index is 2.46. The van der Waals surface area contributed by atoms with E-state index in [1.165, 1.54) is 36.1 Å². The largest absolute Gasteiger partial charge is 0.388 e. The normalized spacial score (nSPS) is 20.3. The minimum absolute atomic E-state index is 0.530. The summed E-state index contributed by atoms with van der Waals surface area (Å²) in [6.45, 7) is 0. The van der Waals surface area contributed by atoms with Gasteiger partial charge in [-0.05, 0) is 43.5 Å². The summed E-state index contributed by atoms with van der Waals surface area (Å²) >= 11 is 0. The summed E-state index contributed by atoms with van der Waals surface area (Å²) in [5, 5.41) is 6.67. The highest BCUT2D eigenvalue weighted by molar-refractivity contribution is 5.56. The number of hydrogen-bond acceptors (Lipinski definition) is 2. The van der Waals surface area contributed by atoms with Crippen molar-refractivity contribution in [3.05, 3.63) is 29.3 Å². The van der Waals surface area contributed by atoms with E-state index in [1.54, 1.807) is 0 Å². The van der Waals surface area contributed by atoms with E-state index < -0.39 is 0 Å². The van der Waals surface area contributed by atoms with Gasteiger partial charge in [-0.15, -0.1) is 0 Å². The Hall–Kier alpha value is -1.02. The molecule has 0 spiro atoms. The zero-order chi connectivity index (χ0) is 9.97. The Labute approximate surface area is 85.7 Å². The van der Waals surface area contributed by atoms with E-state index >= 15 is 0 Å². The fraction of sp³-hybridized carbons (Fsp3) is 0.500. The Morgan fingerprint density at radius 2 is 2.14 bits per heavy atom. The van der Waals surface area contributed by atoms with Gasteiger partial charge >= 0.3 is 0 Å². The summed E-state index contributed by atoms with van der Waals surface area (Å²) in [5.41, 5.74) is 4.26. The van der Waals surface area contributed by atoms with Crippen molar-refractivity contribution >= 4 is 5.69 Å².